The molecule has 2 aliphatic rings. The van der Waals surface area contributed by atoms with Gasteiger partial charge in [0.05, 0.1) is 23.8 Å². The van der Waals surface area contributed by atoms with Crippen LogP contribution in [0.2, 0.25) is 5.02 Å². The number of hydrogen-bond acceptors (Lipinski definition) is 6. The lowest BCUT2D eigenvalue weighted by Gasteiger charge is -2.08. The van der Waals surface area contributed by atoms with Gasteiger partial charge in [0, 0.05) is 6.61 Å². The van der Waals surface area contributed by atoms with Crippen molar-refractivity contribution in [3.8, 4) is 5.88 Å². The SMILES string of the molecule is Fc1cccc(F)c1COc1nc2[nH]c(=S)[nH]c2cc1Cl.O[C@@H]1CO[C@@H]2CCO[C@H]12. The molecule has 0 saturated carbocycles. The second-order valence-corrected chi connectivity index (χ2v) is 7.62. The van der Waals surface area contributed by atoms with Gasteiger partial charge in [-0.2, -0.15) is 4.98 Å². The molecule has 3 N–H and O–H groups in total. The summed E-state index contributed by atoms with van der Waals surface area (Å²) in [4.78, 5) is 9.78. The van der Waals surface area contributed by atoms with Gasteiger partial charge in [0.2, 0.25) is 5.88 Å². The van der Waals surface area contributed by atoms with Crippen LogP contribution in [0.3, 0.4) is 0 Å². The smallest absolute Gasteiger partial charge is 0.235 e. The fourth-order valence-corrected chi connectivity index (χ4v) is 3.69. The summed E-state index contributed by atoms with van der Waals surface area (Å²) in [6.07, 6.45) is 0.726. The average Bonchev–Trinajstić information content (AvgIpc) is 3.39. The molecule has 0 unspecified atom stereocenters. The number of benzene rings is 1. The van der Waals surface area contributed by atoms with E-state index in [4.69, 9.17) is 43.1 Å². The molecule has 0 bridgehead atoms. The molecule has 2 aliphatic heterocycles. The molecular formula is C19H18ClF2N3O4S. The summed E-state index contributed by atoms with van der Waals surface area (Å²) >= 11 is 11.0. The number of halogens is 3. The van der Waals surface area contributed by atoms with Crippen LogP contribution in [0.25, 0.3) is 11.2 Å². The Bertz CT molecular complexity index is 1090. The van der Waals surface area contributed by atoms with Crippen molar-refractivity contribution >= 4 is 35.0 Å². The molecule has 11 heteroatoms. The van der Waals surface area contributed by atoms with Gasteiger partial charge in [-0.3, -0.25) is 0 Å². The lowest BCUT2D eigenvalue weighted by atomic mass is 10.1. The first kappa shape index (κ1) is 21.1. The highest BCUT2D eigenvalue weighted by Gasteiger charge is 2.40. The predicted octanol–water partition coefficient (Wildman–Crippen LogP) is 3.67. The van der Waals surface area contributed by atoms with Gasteiger partial charge in [0.25, 0.3) is 0 Å². The van der Waals surface area contributed by atoms with Crippen molar-refractivity contribution in [3.05, 3.63) is 51.3 Å². The van der Waals surface area contributed by atoms with Crippen molar-refractivity contribution in [1.82, 2.24) is 15.0 Å². The van der Waals surface area contributed by atoms with E-state index in [2.05, 4.69) is 15.0 Å². The molecule has 3 aromatic rings. The number of aromatic nitrogens is 3. The topological polar surface area (TPSA) is 92.4 Å². The van der Waals surface area contributed by atoms with Crippen molar-refractivity contribution in [2.45, 2.75) is 31.3 Å². The first-order chi connectivity index (χ1) is 14.4. The Kier molecular flexibility index (Phi) is 6.30. The summed E-state index contributed by atoms with van der Waals surface area (Å²) < 4.78 is 43.2. The quantitative estimate of drug-likeness (QED) is 0.520. The van der Waals surface area contributed by atoms with E-state index in [0.29, 0.717) is 22.5 Å². The van der Waals surface area contributed by atoms with Gasteiger partial charge in [-0.15, -0.1) is 0 Å². The minimum absolute atomic E-state index is 0.0231. The zero-order chi connectivity index (χ0) is 21.3. The first-order valence-corrected chi connectivity index (χ1v) is 9.96. The Morgan fingerprint density at radius 2 is 2.03 bits per heavy atom. The number of fused-ring (bicyclic) bond motifs is 2. The lowest BCUT2D eigenvalue weighted by Crippen LogP contribution is -2.26. The van der Waals surface area contributed by atoms with Crippen molar-refractivity contribution < 1.29 is 28.1 Å². The summed E-state index contributed by atoms with van der Waals surface area (Å²) in [6, 6.07) is 5.17. The lowest BCUT2D eigenvalue weighted by molar-refractivity contribution is 0.0187. The molecule has 0 aliphatic carbocycles. The van der Waals surface area contributed by atoms with Crippen LogP contribution < -0.4 is 4.74 Å². The largest absolute Gasteiger partial charge is 0.471 e. The first-order valence-electron chi connectivity index (χ1n) is 9.18. The van der Waals surface area contributed by atoms with Crippen molar-refractivity contribution in [3.63, 3.8) is 0 Å². The van der Waals surface area contributed by atoms with E-state index in [1.54, 1.807) is 6.07 Å². The third kappa shape index (κ3) is 4.47. The van der Waals surface area contributed by atoms with Crippen LogP contribution in [-0.4, -0.2) is 51.6 Å². The maximum absolute atomic E-state index is 13.5. The minimum atomic E-state index is -0.687. The number of nitrogens with zero attached hydrogens (tertiary/aromatic N) is 1. The maximum atomic E-state index is 13.5. The molecule has 30 heavy (non-hydrogen) atoms. The van der Waals surface area contributed by atoms with Crippen LogP contribution in [0.15, 0.2) is 24.3 Å². The second-order valence-electron chi connectivity index (χ2n) is 6.80. The molecule has 0 spiro atoms. The summed E-state index contributed by atoms with van der Waals surface area (Å²) in [5.74, 6) is -1.31. The van der Waals surface area contributed by atoms with E-state index >= 15 is 0 Å². The Hall–Kier alpha value is -2.11. The highest BCUT2D eigenvalue weighted by molar-refractivity contribution is 7.71. The van der Waals surface area contributed by atoms with Crippen LogP contribution in [0.5, 0.6) is 5.88 Å². The molecule has 4 heterocycles. The van der Waals surface area contributed by atoms with Crippen LogP contribution in [0.4, 0.5) is 8.78 Å². The van der Waals surface area contributed by atoms with Gasteiger partial charge in [0.1, 0.15) is 35.5 Å². The molecule has 0 amide bonds. The summed E-state index contributed by atoms with van der Waals surface area (Å²) in [5.41, 5.74) is 0.889. The number of rotatable bonds is 3. The fraction of sp³-hybridized carbons (Fsp3) is 0.368. The predicted molar refractivity (Wildman–Crippen MR) is 107 cm³/mol. The molecule has 0 radical (unpaired) electrons. The third-order valence-electron chi connectivity index (χ3n) is 4.78. The number of H-pyrrole nitrogens is 2. The minimum Gasteiger partial charge on any atom is -0.471 e. The number of ether oxygens (including phenoxy) is 3. The normalized spacial score (nSPS) is 22.6. The Morgan fingerprint density at radius 3 is 2.77 bits per heavy atom. The number of aromatic amines is 2. The van der Waals surface area contributed by atoms with E-state index in [1.165, 1.54) is 6.07 Å². The van der Waals surface area contributed by atoms with E-state index in [-0.39, 0.29) is 41.4 Å². The summed E-state index contributed by atoms with van der Waals surface area (Å²) in [7, 11) is 0. The van der Waals surface area contributed by atoms with Crippen LogP contribution >= 0.6 is 23.8 Å². The van der Waals surface area contributed by atoms with E-state index in [0.717, 1.165) is 25.2 Å². The van der Waals surface area contributed by atoms with Gasteiger partial charge >= 0.3 is 0 Å². The van der Waals surface area contributed by atoms with Crippen LogP contribution in [0, 0.1) is 16.4 Å². The molecule has 160 valence electrons. The molecule has 3 atom stereocenters. The fourth-order valence-electron chi connectivity index (χ4n) is 3.28. The van der Waals surface area contributed by atoms with Crippen molar-refractivity contribution in [1.29, 1.82) is 0 Å². The molecule has 2 aromatic heterocycles. The zero-order valence-electron chi connectivity index (χ0n) is 15.5. The maximum Gasteiger partial charge on any atom is 0.235 e. The van der Waals surface area contributed by atoms with E-state index in [9.17, 15) is 8.78 Å². The van der Waals surface area contributed by atoms with Gasteiger partial charge in [-0.05, 0) is 36.8 Å². The highest BCUT2D eigenvalue weighted by Crippen LogP contribution is 2.27. The Morgan fingerprint density at radius 1 is 1.27 bits per heavy atom. The van der Waals surface area contributed by atoms with Gasteiger partial charge in [-0.1, -0.05) is 17.7 Å². The number of aliphatic hydroxyl groups excluding tert-OH is 1. The van der Waals surface area contributed by atoms with Crippen molar-refractivity contribution in [2.75, 3.05) is 13.2 Å². The molecule has 2 fully saturated rings. The standard InChI is InChI=1S/C13H8ClF2N3OS.C6H10O3/c14-7-4-10-11(19-13(21)17-10)18-12(7)20-5-6-8(15)2-1-3-9(6)16;7-4-3-9-5-1-2-8-6(4)5/h1-4H,5H2,(H2,17,18,19,21);4-7H,1-3H2/t;4-,5-,6-/m.1/s1. The van der Waals surface area contributed by atoms with Crippen LogP contribution in [0.1, 0.15) is 12.0 Å². The molecule has 5 rings (SSSR count). The summed E-state index contributed by atoms with van der Waals surface area (Å²) in [5, 5.41) is 9.36. The van der Waals surface area contributed by atoms with Crippen molar-refractivity contribution in [2.24, 2.45) is 0 Å². The van der Waals surface area contributed by atoms with Crippen LogP contribution in [-0.2, 0) is 16.1 Å². The van der Waals surface area contributed by atoms with E-state index in [1.807, 2.05) is 0 Å². The van der Waals surface area contributed by atoms with Gasteiger partial charge in [0.15, 0.2) is 10.4 Å². The molecular weight excluding hydrogens is 440 g/mol. The molecule has 1 aromatic carbocycles. The second kappa shape index (κ2) is 8.94. The molecule has 2 saturated heterocycles. The highest BCUT2D eigenvalue weighted by atomic mass is 35.5. The monoisotopic (exact) mass is 457 g/mol. The number of hydrogen-bond donors (Lipinski definition) is 3. The zero-order valence-corrected chi connectivity index (χ0v) is 17.1. The average molecular weight is 458 g/mol. The number of aliphatic hydroxyl groups is 1. The summed E-state index contributed by atoms with van der Waals surface area (Å²) in [6.45, 7) is 0.879. The molecule has 7 nitrogen and oxygen atoms in total. The van der Waals surface area contributed by atoms with Gasteiger partial charge in [-0.25, -0.2) is 8.78 Å². The Balaban J connectivity index is 0.000000200. The number of nitrogens with one attached hydrogen (secondary N) is 2. The number of imidazole rings is 1. The van der Waals surface area contributed by atoms with E-state index < -0.39 is 11.6 Å². The Labute approximate surface area is 179 Å². The van der Waals surface area contributed by atoms with Gasteiger partial charge < -0.3 is 29.3 Å². The third-order valence-corrected chi connectivity index (χ3v) is 5.25. The number of pyridine rings is 1.